The van der Waals surface area contributed by atoms with Crippen LogP contribution in [0.5, 0.6) is 0 Å². The fraction of sp³-hybridized carbons (Fsp3) is 0.500. The molecule has 2 aromatic rings. The Morgan fingerprint density at radius 2 is 2.04 bits per heavy atom. The van der Waals surface area contributed by atoms with Crippen LogP contribution in [0, 0.1) is 19.8 Å². The summed E-state index contributed by atoms with van der Waals surface area (Å²) in [7, 11) is 0. The first kappa shape index (κ1) is 22.4. The van der Waals surface area contributed by atoms with E-state index < -0.39 is 0 Å². The molecule has 26 heavy (non-hydrogen) atoms. The molecule has 0 spiro atoms. The lowest BCUT2D eigenvalue weighted by Gasteiger charge is -2.34. The quantitative estimate of drug-likeness (QED) is 0.860. The van der Waals surface area contributed by atoms with E-state index in [4.69, 9.17) is 5.73 Å². The number of nitrogens with two attached hydrogens (primary N) is 1. The number of rotatable bonds is 3. The molecule has 0 radical (unpaired) electrons. The number of amides is 1. The molecule has 1 aliphatic heterocycles. The number of hydrogen-bond acceptors (Lipinski definition) is 4. The van der Waals surface area contributed by atoms with E-state index >= 15 is 0 Å². The molecule has 2 atom stereocenters. The molecule has 1 amide bonds. The standard InChI is InChI=1S/C18H25N5O.2ClH/c1-12-9-13(2)23(21-12)17-7-6-15(10-20-17)18(24)22-8-4-5-16(11-22)14(3)19;;/h6-7,9-10,14,16H,4-5,8,11,19H2,1-3H3;2*1H. The van der Waals surface area contributed by atoms with Crippen LogP contribution in [0.25, 0.3) is 5.82 Å². The molecule has 8 heteroatoms. The lowest BCUT2D eigenvalue weighted by Crippen LogP contribution is -2.45. The molecule has 144 valence electrons. The Bertz CT molecular complexity index is 730. The van der Waals surface area contributed by atoms with E-state index in [9.17, 15) is 4.79 Å². The Kier molecular flexibility index (Phi) is 8.06. The second-order valence-corrected chi connectivity index (χ2v) is 6.76. The Hall–Kier alpha value is -1.63. The van der Waals surface area contributed by atoms with Crippen LogP contribution in [0.2, 0.25) is 0 Å². The summed E-state index contributed by atoms with van der Waals surface area (Å²) in [6, 6.07) is 5.80. The predicted octanol–water partition coefficient (Wildman–Crippen LogP) is 2.93. The molecule has 1 fully saturated rings. The number of nitrogens with zero attached hydrogens (tertiary/aromatic N) is 4. The lowest BCUT2D eigenvalue weighted by molar-refractivity contribution is 0.0660. The van der Waals surface area contributed by atoms with Gasteiger partial charge in [-0.15, -0.1) is 24.8 Å². The van der Waals surface area contributed by atoms with Gasteiger partial charge in [-0.05, 0) is 57.7 Å². The van der Waals surface area contributed by atoms with Crippen molar-refractivity contribution in [2.45, 2.75) is 39.7 Å². The van der Waals surface area contributed by atoms with Gasteiger partial charge < -0.3 is 10.6 Å². The van der Waals surface area contributed by atoms with Gasteiger partial charge in [0.15, 0.2) is 5.82 Å². The van der Waals surface area contributed by atoms with Crippen LogP contribution in [0.15, 0.2) is 24.4 Å². The highest BCUT2D eigenvalue weighted by molar-refractivity contribution is 5.94. The van der Waals surface area contributed by atoms with E-state index in [2.05, 4.69) is 10.1 Å². The van der Waals surface area contributed by atoms with Crippen molar-refractivity contribution in [3.8, 4) is 5.82 Å². The lowest BCUT2D eigenvalue weighted by atomic mass is 9.92. The van der Waals surface area contributed by atoms with Crippen LogP contribution in [0.3, 0.4) is 0 Å². The topological polar surface area (TPSA) is 77.0 Å². The Balaban J connectivity index is 0.00000169. The number of aryl methyl sites for hydroxylation is 2. The van der Waals surface area contributed by atoms with Crippen LogP contribution < -0.4 is 5.73 Å². The first-order chi connectivity index (χ1) is 11.5. The summed E-state index contributed by atoms with van der Waals surface area (Å²) in [5, 5.41) is 4.42. The van der Waals surface area contributed by atoms with Gasteiger partial charge in [-0.25, -0.2) is 9.67 Å². The summed E-state index contributed by atoms with van der Waals surface area (Å²) in [5.41, 5.74) is 8.60. The third kappa shape index (κ3) is 4.75. The number of aromatic nitrogens is 3. The zero-order valence-electron chi connectivity index (χ0n) is 15.4. The van der Waals surface area contributed by atoms with Crippen molar-refractivity contribution in [3.63, 3.8) is 0 Å². The first-order valence-electron chi connectivity index (χ1n) is 8.50. The highest BCUT2D eigenvalue weighted by Crippen LogP contribution is 2.20. The van der Waals surface area contributed by atoms with E-state index in [1.165, 1.54) is 0 Å². The molecule has 0 aromatic carbocycles. The molecule has 3 rings (SSSR count). The number of piperidine rings is 1. The Morgan fingerprint density at radius 1 is 1.31 bits per heavy atom. The van der Waals surface area contributed by atoms with E-state index in [0.29, 0.717) is 11.5 Å². The number of carbonyl (C=O) groups is 1. The second-order valence-electron chi connectivity index (χ2n) is 6.76. The molecule has 0 bridgehead atoms. The maximum Gasteiger partial charge on any atom is 0.255 e. The van der Waals surface area contributed by atoms with Crippen molar-refractivity contribution in [1.82, 2.24) is 19.7 Å². The van der Waals surface area contributed by atoms with E-state index in [0.717, 1.165) is 43.1 Å². The highest BCUT2D eigenvalue weighted by atomic mass is 35.5. The predicted molar refractivity (Wildman–Crippen MR) is 108 cm³/mol. The smallest absolute Gasteiger partial charge is 0.255 e. The Labute approximate surface area is 167 Å². The third-order valence-corrected chi connectivity index (χ3v) is 4.71. The minimum atomic E-state index is 0. The summed E-state index contributed by atoms with van der Waals surface area (Å²) >= 11 is 0. The normalized spacial score (nSPS) is 17.8. The van der Waals surface area contributed by atoms with Crippen LogP contribution in [0.1, 0.15) is 41.5 Å². The number of likely N-dealkylation sites (tertiary alicyclic amines) is 1. The minimum absolute atomic E-state index is 0. The van der Waals surface area contributed by atoms with Crippen LogP contribution in [-0.4, -0.2) is 44.7 Å². The van der Waals surface area contributed by atoms with E-state index in [1.807, 2.05) is 43.9 Å². The highest BCUT2D eigenvalue weighted by Gasteiger charge is 2.26. The van der Waals surface area contributed by atoms with Crippen molar-refractivity contribution in [2.24, 2.45) is 11.7 Å². The molecule has 1 aliphatic rings. The molecule has 6 nitrogen and oxygen atoms in total. The largest absolute Gasteiger partial charge is 0.338 e. The summed E-state index contributed by atoms with van der Waals surface area (Å²) < 4.78 is 1.79. The van der Waals surface area contributed by atoms with Gasteiger partial charge in [-0.3, -0.25) is 4.79 Å². The van der Waals surface area contributed by atoms with Gasteiger partial charge in [0.2, 0.25) is 0 Å². The number of hydrogen-bond donors (Lipinski definition) is 1. The fourth-order valence-electron chi connectivity index (χ4n) is 3.30. The molecule has 1 saturated heterocycles. The van der Waals surface area contributed by atoms with Gasteiger partial charge in [-0.1, -0.05) is 0 Å². The van der Waals surface area contributed by atoms with Gasteiger partial charge in [0.25, 0.3) is 5.91 Å². The molecule has 2 aromatic heterocycles. The SMILES string of the molecule is Cc1cc(C)n(-c2ccc(C(=O)N3CCCC(C(C)N)C3)cn2)n1.Cl.Cl. The molecule has 0 aliphatic carbocycles. The first-order valence-corrected chi connectivity index (χ1v) is 8.50. The Morgan fingerprint density at radius 3 is 2.58 bits per heavy atom. The van der Waals surface area contributed by atoms with Crippen molar-refractivity contribution in [2.75, 3.05) is 13.1 Å². The molecule has 2 N–H and O–H groups in total. The summed E-state index contributed by atoms with van der Waals surface area (Å²) in [4.78, 5) is 19.0. The maximum absolute atomic E-state index is 12.7. The molecular formula is C18H27Cl2N5O. The maximum atomic E-state index is 12.7. The van der Waals surface area contributed by atoms with Gasteiger partial charge in [0.1, 0.15) is 0 Å². The summed E-state index contributed by atoms with van der Waals surface area (Å²) in [5.74, 6) is 1.14. The molecular weight excluding hydrogens is 373 g/mol. The fourth-order valence-corrected chi connectivity index (χ4v) is 3.30. The van der Waals surface area contributed by atoms with Crippen molar-refractivity contribution >= 4 is 30.7 Å². The van der Waals surface area contributed by atoms with Crippen LogP contribution >= 0.6 is 24.8 Å². The van der Waals surface area contributed by atoms with Gasteiger partial charge in [0.05, 0.1) is 11.3 Å². The number of pyridine rings is 1. The number of carbonyl (C=O) groups excluding carboxylic acids is 1. The zero-order chi connectivity index (χ0) is 17.3. The average Bonchev–Trinajstić information content (AvgIpc) is 2.93. The van der Waals surface area contributed by atoms with Crippen molar-refractivity contribution in [3.05, 3.63) is 41.3 Å². The summed E-state index contributed by atoms with van der Waals surface area (Å²) in [6.45, 7) is 7.48. The van der Waals surface area contributed by atoms with Gasteiger partial charge in [0, 0.05) is 31.0 Å². The van der Waals surface area contributed by atoms with Crippen molar-refractivity contribution < 1.29 is 4.79 Å². The number of halogens is 2. The average molecular weight is 400 g/mol. The van der Waals surface area contributed by atoms with Crippen LogP contribution in [-0.2, 0) is 0 Å². The molecule has 3 heterocycles. The van der Waals surface area contributed by atoms with Gasteiger partial charge in [-0.2, -0.15) is 5.10 Å². The summed E-state index contributed by atoms with van der Waals surface area (Å²) in [6.07, 6.45) is 3.75. The molecule has 0 saturated carbocycles. The monoisotopic (exact) mass is 399 g/mol. The zero-order valence-corrected chi connectivity index (χ0v) is 17.0. The third-order valence-electron chi connectivity index (χ3n) is 4.71. The second kappa shape index (κ2) is 9.35. The molecule has 2 unspecified atom stereocenters. The van der Waals surface area contributed by atoms with Gasteiger partial charge >= 0.3 is 0 Å². The minimum Gasteiger partial charge on any atom is -0.338 e. The van der Waals surface area contributed by atoms with E-state index in [-0.39, 0.29) is 36.8 Å². The van der Waals surface area contributed by atoms with Crippen LogP contribution in [0.4, 0.5) is 0 Å². The van der Waals surface area contributed by atoms with Crippen molar-refractivity contribution in [1.29, 1.82) is 0 Å². The van der Waals surface area contributed by atoms with E-state index in [1.54, 1.807) is 10.9 Å².